The molecule has 1 aromatic rings. The van der Waals surface area contributed by atoms with Crippen LogP contribution in [0.2, 0.25) is 0 Å². The Balaban J connectivity index is 1.86. The molecule has 2 rings (SSSR count). The fourth-order valence-electron chi connectivity index (χ4n) is 1.69. The third-order valence-electron chi connectivity index (χ3n) is 2.55. The normalized spacial score (nSPS) is 23.4. The Bertz CT molecular complexity index is 408. The number of nitrogens with zero attached hydrogens (tertiary/aromatic N) is 2. The largest absolute Gasteiger partial charge is 0.468 e. The number of esters is 1. The van der Waals surface area contributed by atoms with E-state index in [-0.39, 0.29) is 24.0 Å². The maximum absolute atomic E-state index is 11.7. The molecule has 1 amide bonds. The Morgan fingerprint density at radius 2 is 2.47 bits per heavy atom. The Hall–Kier alpha value is -1.54. The summed E-state index contributed by atoms with van der Waals surface area (Å²) in [6, 6.07) is -0.438. The van der Waals surface area contributed by atoms with E-state index in [0.29, 0.717) is 18.7 Å². The lowest BCUT2D eigenvalue weighted by Gasteiger charge is -2.10. The minimum absolute atomic E-state index is 0.0895. The fraction of sp³-hybridized carbons (Fsp3) is 0.556. The molecule has 8 heteroatoms. The second kappa shape index (κ2) is 5.19. The van der Waals surface area contributed by atoms with Crippen LogP contribution in [0.25, 0.3) is 0 Å². The highest BCUT2D eigenvalue weighted by molar-refractivity contribution is 6.99. The van der Waals surface area contributed by atoms with Gasteiger partial charge in [0.25, 0.3) is 5.91 Å². The highest BCUT2D eigenvalue weighted by Crippen LogP contribution is 2.08. The first kappa shape index (κ1) is 11.9. The van der Waals surface area contributed by atoms with Crippen LogP contribution in [0.5, 0.6) is 0 Å². The molecule has 1 fully saturated rings. The number of amides is 1. The SMILES string of the molecule is COC(=O)[C@@H]1C[C@@H](NC(=O)c2cnsn2)CN1. The van der Waals surface area contributed by atoms with Gasteiger partial charge < -0.3 is 15.4 Å². The number of hydrogen-bond acceptors (Lipinski definition) is 7. The van der Waals surface area contributed by atoms with Gasteiger partial charge in [-0.3, -0.25) is 9.59 Å². The van der Waals surface area contributed by atoms with Crippen LogP contribution in [0.4, 0.5) is 0 Å². The van der Waals surface area contributed by atoms with Crippen LogP contribution in [0.15, 0.2) is 6.20 Å². The van der Waals surface area contributed by atoms with E-state index in [0.717, 1.165) is 11.7 Å². The molecule has 0 aliphatic carbocycles. The smallest absolute Gasteiger partial charge is 0.322 e. The van der Waals surface area contributed by atoms with Gasteiger partial charge in [-0.05, 0) is 6.42 Å². The third-order valence-corrected chi connectivity index (χ3v) is 3.02. The van der Waals surface area contributed by atoms with Crippen LogP contribution in [0.1, 0.15) is 16.9 Å². The van der Waals surface area contributed by atoms with Gasteiger partial charge >= 0.3 is 5.97 Å². The summed E-state index contributed by atoms with van der Waals surface area (Å²) in [6.07, 6.45) is 1.94. The van der Waals surface area contributed by atoms with Gasteiger partial charge in [-0.2, -0.15) is 8.75 Å². The zero-order valence-electron chi connectivity index (χ0n) is 9.17. The molecule has 1 saturated heterocycles. The molecule has 92 valence electrons. The summed E-state index contributed by atoms with van der Waals surface area (Å²) >= 11 is 0.984. The van der Waals surface area contributed by atoms with Gasteiger partial charge in [-0.1, -0.05) is 0 Å². The first-order valence-electron chi connectivity index (χ1n) is 5.10. The number of hydrogen-bond donors (Lipinski definition) is 2. The molecule has 0 saturated carbocycles. The van der Waals surface area contributed by atoms with Crippen LogP contribution in [-0.2, 0) is 9.53 Å². The van der Waals surface area contributed by atoms with Crippen LogP contribution >= 0.6 is 11.7 Å². The highest BCUT2D eigenvalue weighted by atomic mass is 32.1. The van der Waals surface area contributed by atoms with Crippen LogP contribution in [0.3, 0.4) is 0 Å². The number of methoxy groups -OCH3 is 1. The minimum Gasteiger partial charge on any atom is -0.468 e. The molecule has 1 aliphatic rings. The molecule has 2 N–H and O–H groups in total. The molecule has 2 heterocycles. The van der Waals surface area contributed by atoms with Gasteiger partial charge in [-0.15, -0.1) is 0 Å². The predicted molar refractivity (Wildman–Crippen MR) is 59.6 cm³/mol. The Morgan fingerprint density at radius 3 is 3.12 bits per heavy atom. The molecule has 0 aromatic carbocycles. The molecular weight excluding hydrogens is 244 g/mol. The van der Waals surface area contributed by atoms with Crippen LogP contribution in [-0.4, -0.2) is 46.4 Å². The van der Waals surface area contributed by atoms with E-state index in [1.807, 2.05) is 0 Å². The van der Waals surface area contributed by atoms with Gasteiger partial charge in [-0.25, -0.2) is 0 Å². The van der Waals surface area contributed by atoms with Crippen molar-refractivity contribution in [2.75, 3.05) is 13.7 Å². The maximum atomic E-state index is 11.7. The van der Waals surface area contributed by atoms with E-state index in [9.17, 15) is 9.59 Å². The molecule has 7 nitrogen and oxygen atoms in total. The highest BCUT2D eigenvalue weighted by Gasteiger charge is 2.31. The lowest BCUT2D eigenvalue weighted by atomic mass is 10.1. The molecule has 1 aromatic heterocycles. The summed E-state index contributed by atoms with van der Waals surface area (Å²) in [6.45, 7) is 0.545. The minimum atomic E-state index is -0.348. The van der Waals surface area contributed by atoms with Gasteiger partial charge in [0, 0.05) is 12.6 Å². The van der Waals surface area contributed by atoms with Gasteiger partial charge in [0.15, 0.2) is 5.69 Å². The molecule has 17 heavy (non-hydrogen) atoms. The fourth-order valence-corrected chi connectivity index (χ4v) is 2.10. The number of ether oxygens (including phenoxy) is 1. The van der Waals surface area contributed by atoms with Crippen molar-refractivity contribution in [1.29, 1.82) is 0 Å². The molecule has 0 spiro atoms. The first-order chi connectivity index (χ1) is 8.20. The Labute approximate surface area is 102 Å². The number of nitrogens with one attached hydrogen (secondary N) is 2. The Morgan fingerprint density at radius 1 is 1.65 bits per heavy atom. The average Bonchev–Trinajstić information content (AvgIpc) is 2.98. The quantitative estimate of drug-likeness (QED) is 0.686. The zero-order valence-corrected chi connectivity index (χ0v) is 9.99. The van der Waals surface area contributed by atoms with Crippen LogP contribution < -0.4 is 10.6 Å². The van der Waals surface area contributed by atoms with Crippen molar-refractivity contribution < 1.29 is 14.3 Å². The molecule has 0 unspecified atom stereocenters. The van der Waals surface area contributed by atoms with Crippen molar-refractivity contribution in [3.8, 4) is 0 Å². The maximum Gasteiger partial charge on any atom is 0.322 e. The van der Waals surface area contributed by atoms with E-state index in [1.54, 1.807) is 0 Å². The molecule has 0 radical (unpaired) electrons. The summed E-state index contributed by atoms with van der Waals surface area (Å²) in [7, 11) is 1.34. The van der Waals surface area contributed by atoms with Crippen molar-refractivity contribution in [3.63, 3.8) is 0 Å². The van der Waals surface area contributed by atoms with E-state index in [2.05, 4.69) is 24.1 Å². The standard InChI is InChI=1S/C9H12N4O3S/c1-16-9(15)6-2-5(3-10-6)12-8(14)7-4-11-17-13-7/h4-6,10H,2-3H2,1H3,(H,12,14)/t5-,6+/m1/s1. The zero-order chi connectivity index (χ0) is 12.3. The lowest BCUT2D eigenvalue weighted by molar-refractivity contribution is -0.142. The summed E-state index contributed by atoms with van der Waals surface area (Å²) < 4.78 is 12.2. The van der Waals surface area contributed by atoms with Crippen molar-refractivity contribution >= 4 is 23.6 Å². The van der Waals surface area contributed by atoms with Crippen LogP contribution in [0, 0.1) is 0 Å². The number of rotatable bonds is 3. The van der Waals surface area contributed by atoms with E-state index in [4.69, 9.17) is 0 Å². The topological polar surface area (TPSA) is 93.2 Å². The van der Waals surface area contributed by atoms with E-state index in [1.165, 1.54) is 13.3 Å². The second-order valence-electron chi connectivity index (χ2n) is 3.68. The molecular formula is C9H12N4O3S. The van der Waals surface area contributed by atoms with E-state index >= 15 is 0 Å². The summed E-state index contributed by atoms with van der Waals surface area (Å²) in [4.78, 5) is 22.9. The first-order valence-corrected chi connectivity index (χ1v) is 5.83. The third kappa shape index (κ3) is 2.77. The number of aromatic nitrogens is 2. The molecule has 0 bridgehead atoms. The van der Waals surface area contributed by atoms with Gasteiger partial charge in [0.2, 0.25) is 0 Å². The van der Waals surface area contributed by atoms with Crippen molar-refractivity contribution in [2.45, 2.75) is 18.5 Å². The molecule has 2 atom stereocenters. The lowest BCUT2D eigenvalue weighted by Crippen LogP contribution is -2.36. The average molecular weight is 256 g/mol. The van der Waals surface area contributed by atoms with Crippen molar-refractivity contribution in [3.05, 3.63) is 11.9 Å². The number of carbonyl (C=O) groups is 2. The number of carbonyl (C=O) groups excluding carboxylic acids is 2. The second-order valence-corrected chi connectivity index (χ2v) is 4.24. The molecule has 1 aliphatic heterocycles. The van der Waals surface area contributed by atoms with Crippen molar-refractivity contribution in [1.82, 2.24) is 19.4 Å². The van der Waals surface area contributed by atoms with E-state index < -0.39 is 0 Å². The monoisotopic (exact) mass is 256 g/mol. The summed E-state index contributed by atoms with van der Waals surface area (Å²) in [5.74, 6) is -0.576. The van der Waals surface area contributed by atoms with Gasteiger partial charge in [0.05, 0.1) is 25.0 Å². The summed E-state index contributed by atoms with van der Waals surface area (Å²) in [5, 5.41) is 5.77. The predicted octanol–water partition coefficient (Wildman–Crippen LogP) is -0.829. The Kier molecular flexibility index (Phi) is 3.64. The van der Waals surface area contributed by atoms with Gasteiger partial charge in [0.1, 0.15) is 6.04 Å². The van der Waals surface area contributed by atoms with Crippen molar-refractivity contribution in [2.24, 2.45) is 0 Å². The summed E-state index contributed by atoms with van der Waals surface area (Å²) in [5.41, 5.74) is 0.302.